The first-order valence-corrected chi connectivity index (χ1v) is 5.33. The van der Waals surface area contributed by atoms with Crippen molar-refractivity contribution in [2.24, 2.45) is 0 Å². The number of nitrogens with zero attached hydrogens (tertiary/aromatic N) is 1. The van der Waals surface area contributed by atoms with Gasteiger partial charge in [-0.15, -0.1) is 0 Å². The van der Waals surface area contributed by atoms with E-state index in [1.54, 1.807) is 12.5 Å². The van der Waals surface area contributed by atoms with Crippen LogP contribution in [0.4, 0.5) is 5.13 Å². The van der Waals surface area contributed by atoms with E-state index in [2.05, 4.69) is 10.3 Å². The maximum Gasteiger partial charge on any atom is 0.184 e. The fourth-order valence-electron chi connectivity index (χ4n) is 1.08. The molecule has 0 aliphatic rings. The number of halogens is 1. The zero-order chi connectivity index (χ0) is 9.97. The van der Waals surface area contributed by atoms with Gasteiger partial charge in [-0.05, 0) is 18.6 Å². The normalized spacial score (nSPS) is 10.4. The van der Waals surface area contributed by atoms with Crippen molar-refractivity contribution in [1.82, 2.24) is 4.98 Å². The van der Waals surface area contributed by atoms with Gasteiger partial charge < -0.3 is 9.73 Å². The van der Waals surface area contributed by atoms with Crippen molar-refractivity contribution in [2.75, 3.05) is 5.32 Å². The Morgan fingerprint density at radius 1 is 1.64 bits per heavy atom. The van der Waals surface area contributed by atoms with Crippen molar-refractivity contribution in [1.29, 1.82) is 0 Å². The van der Waals surface area contributed by atoms with Gasteiger partial charge in [0, 0.05) is 0 Å². The lowest BCUT2D eigenvalue weighted by Gasteiger charge is -1.99. The smallest absolute Gasteiger partial charge is 0.184 e. The molecule has 74 valence electrons. The Labute approximate surface area is 90.7 Å². The van der Waals surface area contributed by atoms with Gasteiger partial charge in [-0.3, -0.25) is 0 Å². The Kier molecular flexibility index (Phi) is 2.74. The van der Waals surface area contributed by atoms with Crippen molar-refractivity contribution in [3.8, 4) is 0 Å². The van der Waals surface area contributed by atoms with Crippen molar-refractivity contribution >= 4 is 28.1 Å². The van der Waals surface area contributed by atoms with E-state index in [1.165, 1.54) is 11.3 Å². The fourth-order valence-corrected chi connectivity index (χ4v) is 1.89. The van der Waals surface area contributed by atoms with Crippen LogP contribution in [0.3, 0.4) is 0 Å². The standard InChI is InChI=1S/C9H9ClN2OS/c1-6-2-3-13-7(6)4-11-9-12-5-8(10)14-9/h2-3,5H,4H2,1H3,(H,11,12). The highest BCUT2D eigenvalue weighted by Gasteiger charge is 2.03. The zero-order valence-corrected chi connectivity index (χ0v) is 9.15. The molecule has 0 atom stereocenters. The summed E-state index contributed by atoms with van der Waals surface area (Å²) in [7, 11) is 0. The van der Waals surface area contributed by atoms with Crippen molar-refractivity contribution in [3.63, 3.8) is 0 Å². The van der Waals surface area contributed by atoms with Gasteiger partial charge in [-0.1, -0.05) is 22.9 Å². The lowest BCUT2D eigenvalue weighted by Crippen LogP contribution is -1.98. The Hall–Kier alpha value is -1.00. The molecule has 0 aliphatic heterocycles. The molecule has 0 aromatic carbocycles. The first-order valence-electron chi connectivity index (χ1n) is 4.14. The number of furan rings is 1. The summed E-state index contributed by atoms with van der Waals surface area (Å²) in [6.07, 6.45) is 3.31. The second-order valence-corrected chi connectivity index (χ2v) is 4.51. The average molecular weight is 229 g/mol. The van der Waals surface area contributed by atoms with Crippen LogP contribution in [0.25, 0.3) is 0 Å². The van der Waals surface area contributed by atoms with Crippen molar-refractivity contribution in [2.45, 2.75) is 13.5 Å². The number of hydrogen-bond donors (Lipinski definition) is 1. The Bertz CT molecular complexity index is 424. The van der Waals surface area contributed by atoms with Crippen molar-refractivity contribution < 1.29 is 4.42 Å². The van der Waals surface area contributed by atoms with Gasteiger partial charge in [0.15, 0.2) is 5.13 Å². The van der Waals surface area contributed by atoms with Crippen LogP contribution in [0, 0.1) is 6.92 Å². The molecule has 0 amide bonds. The molecule has 2 rings (SSSR count). The first-order chi connectivity index (χ1) is 6.75. The van der Waals surface area contributed by atoms with Crippen LogP contribution < -0.4 is 5.32 Å². The Morgan fingerprint density at radius 3 is 3.07 bits per heavy atom. The quantitative estimate of drug-likeness (QED) is 0.876. The molecule has 14 heavy (non-hydrogen) atoms. The number of thiazole rings is 1. The van der Waals surface area contributed by atoms with E-state index < -0.39 is 0 Å². The lowest BCUT2D eigenvalue weighted by atomic mass is 10.3. The lowest BCUT2D eigenvalue weighted by molar-refractivity contribution is 0.515. The number of nitrogens with one attached hydrogen (secondary N) is 1. The molecular formula is C9H9ClN2OS. The third-order valence-corrected chi connectivity index (χ3v) is 2.92. The van der Waals surface area contributed by atoms with E-state index in [1.807, 2.05) is 13.0 Å². The number of aromatic nitrogens is 1. The van der Waals surface area contributed by atoms with Gasteiger partial charge in [-0.2, -0.15) is 0 Å². The molecule has 5 heteroatoms. The van der Waals surface area contributed by atoms with Crippen LogP contribution >= 0.6 is 22.9 Å². The van der Waals surface area contributed by atoms with Gasteiger partial charge in [0.05, 0.1) is 19.0 Å². The second kappa shape index (κ2) is 4.02. The summed E-state index contributed by atoms with van der Waals surface area (Å²) in [6.45, 7) is 2.65. The molecule has 0 fully saturated rings. The molecule has 0 radical (unpaired) electrons. The molecule has 2 aromatic heterocycles. The Morgan fingerprint density at radius 2 is 2.50 bits per heavy atom. The molecule has 2 heterocycles. The summed E-state index contributed by atoms with van der Waals surface area (Å²) in [5.74, 6) is 0.927. The molecule has 3 nitrogen and oxygen atoms in total. The maximum absolute atomic E-state index is 5.74. The van der Waals surface area contributed by atoms with Crippen LogP contribution in [0.5, 0.6) is 0 Å². The van der Waals surface area contributed by atoms with E-state index in [0.717, 1.165) is 16.5 Å². The van der Waals surface area contributed by atoms with Gasteiger partial charge in [-0.25, -0.2) is 4.98 Å². The van der Waals surface area contributed by atoms with Gasteiger partial charge in [0.2, 0.25) is 0 Å². The minimum atomic E-state index is 0.642. The fraction of sp³-hybridized carbons (Fsp3) is 0.222. The predicted octanol–water partition coefficient (Wildman–Crippen LogP) is 3.31. The third-order valence-electron chi connectivity index (χ3n) is 1.85. The van der Waals surface area contributed by atoms with E-state index >= 15 is 0 Å². The summed E-state index contributed by atoms with van der Waals surface area (Å²) in [4.78, 5) is 4.08. The topological polar surface area (TPSA) is 38.1 Å². The highest BCUT2D eigenvalue weighted by atomic mass is 35.5. The minimum absolute atomic E-state index is 0.642. The second-order valence-electron chi connectivity index (χ2n) is 2.85. The van der Waals surface area contributed by atoms with E-state index in [0.29, 0.717) is 10.9 Å². The minimum Gasteiger partial charge on any atom is -0.467 e. The highest BCUT2D eigenvalue weighted by Crippen LogP contribution is 2.23. The van der Waals surface area contributed by atoms with Crippen LogP contribution in [-0.2, 0) is 6.54 Å². The first kappa shape index (κ1) is 9.55. The summed E-state index contributed by atoms with van der Waals surface area (Å²) in [6, 6.07) is 1.94. The van der Waals surface area contributed by atoms with Crippen LogP contribution in [0.2, 0.25) is 4.34 Å². The van der Waals surface area contributed by atoms with Crippen LogP contribution in [0.1, 0.15) is 11.3 Å². The highest BCUT2D eigenvalue weighted by molar-refractivity contribution is 7.19. The number of aryl methyl sites for hydroxylation is 1. The third kappa shape index (κ3) is 2.08. The molecule has 0 bridgehead atoms. The van der Waals surface area contributed by atoms with E-state index in [-0.39, 0.29) is 0 Å². The molecule has 1 N–H and O–H groups in total. The zero-order valence-electron chi connectivity index (χ0n) is 7.58. The van der Waals surface area contributed by atoms with Gasteiger partial charge in [0.25, 0.3) is 0 Å². The number of anilines is 1. The monoisotopic (exact) mass is 228 g/mol. The predicted molar refractivity (Wildman–Crippen MR) is 57.9 cm³/mol. The summed E-state index contributed by atoms with van der Waals surface area (Å²) < 4.78 is 5.96. The summed E-state index contributed by atoms with van der Waals surface area (Å²) >= 11 is 7.16. The number of rotatable bonds is 3. The molecule has 0 saturated carbocycles. The van der Waals surface area contributed by atoms with Gasteiger partial charge >= 0.3 is 0 Å². The van der Waals surface area contributed by atoms with Crippen LogP contribution in [0.15, 0.2) is 22.9 Å². The molecule has 0 spiro atoms. The van der Waals surface area contributed by atoms with E-state index in [9.17, 15) is 0 Å². The summed E-state index contributed by atoms with van der Waals surface area (Å²) in [5.41, 5.74) is 1.14. The van der Waals surface area contributed by atoms with Crippen molar-refractivity contribution in [3.05, 3.63) is 34.2 Å². The summed E-state index contributed by atoms with van der Waals surface area (Å²) in [5, 5.41) is 3.95. The van der Waals surface area contributed by atoms with E-state index in [4.69, 9.17) is 16.0 Å². The molecule has 0 aliphatic carbocycles. The average Bonchev–Trinajstić information content (AvgIpc) is 2.72. The molecular weight excluding hydrogens is 220 g/mol. The van der Waals surface area contributed by atoms with Crippen LogP contribution in [-0.4, -0.2) is 4.98 Å². The molecule has 0 saturated heterocycles. The number of hydrogen-bond acceptors (Lipinski definition) is 4. The SMILES string of the molecule is Cc1ccoc1CNc1ncc(Cl)s1. The Balaban J connectivity index is 1.98. The molecule has 2 aromatic rings. The molecule has 0 unspecified atom stereocenters. The largest absolute Gasteiger partial charge is 0.467 e. The maximum atomic E-state index is 5.74. The van der Waals surface area contributed by atoms with Gasteiger partial charge in [0.1, 0.15) is 10.1 Å².